The van der Waals surface area contributed by atoms with Crippen molar-refractivity contribution < 1.29 is 8.42 Å². The summed E-state index contributed by atoms with van der Waals surface area (Å²) < 4.78 is 23.4. The number of hydrogen-bond acceptors (Lipinski definition) is 2. The van der Waals surface area contributed by atoms with Crippen molar-refractivity contribution in [3.05, 3.63) is 12.7 Å². The van der Waals surface area contributed by atoms with Crippen molar-refractivity contribution in [2.75, 3.05) is 11.5 Å². The molecule has 20 heavy (non-hydrogen) atoms. The predicted octanol–water partition coefficient (Wildman–Crippen LogP) is 5.29. The molecule has 0 rings (SSSR count). The predicted molar refractivity (Wildman–Crippen MR) is 89.9 cm³/mol. The molecule has 0 aromatic rings. The van der Waals surface area contributed by atoms with E-state index in [1.54, 1.807) is 6.08 Å². The Morgan fingerprint density at radius 1 is 0.750 bits per heavy atom. The van der Waals surface area contributed by atoms with Crippen LogP contribution in [0, 0.1) is 0 Å². The normalized spacial score (nSPS) is 11.7. The number of rotatable bonds is 15. The lowest BCUT2D eigenvalue weighted by Gasteiger charge is -2.04. The molecule has 0 saturated carbocycles. The van der Waals surface area contributed by atoms with Gasteiger partial charge in [-0.05, 0) is 19.3 Å². The third-order valence-electron chi connectivity index (χ3n) is 3.67. The molecule has 0 heterocycles. The Morgan fingerprint density at radius 2 is 1.20 bits per heavy atom. The van der Waals surface area contributed by atoms with Gasteiger partial charge >= 0.3 is 0 Å². The molecule has 120 valence electrons. The van der Waals surface area contributed by atoms with Crippen LogP contribution in [0.5, 0.6) is 0 Å². The van der Waals surface area contributed by atoms with Gasteiger partial charge in [-0.25, -0.2) is 8.42 Å². The summed E-state index contributed by atoms with van der Waals surface area (Å²) in [6.45, 7) is 5.85. The number of hydrogen-bond donors (Lipinski definition) is 0. The van der Waals surface area contributed by atoms with Crippen LogP contribution in [-0.2, 0) is 9.84 Å². The highest BCUT2D eigenvalue weighted by Gasteiger charge is 2.09. The van der Waals surface area contributed by atoms with Crippen LogP contribution in [-0.4, -0.2) is 19.9 Å². The van der Waals surface area contributed by atoms with E-state index >= 15 is 0 Å². The van der Waals surface area contributed by atoms with Crippen molar-refractivity contribution in [2.45, 2.75) is 84.0 Å². The highest BCUT2D eigenvalue weighted by atomic mass is 32.2. The van der Waals surface area contributed by atoms with Gasteiger partial charge in [-0.3, -0.25) is 0 Å². The van der Waals surface area contributed by atoms with E-state index in [2.05, 4.69) is 13.5 Å². The lowest BCUT2D eigenvalue weighted by atomic mass is 10.1. The summed E-state index contributed by atoms with van der Waals surface area (Å²) in [6, 6.07) is 0. The lowest BCUT2D eigenvalue weighted by molar-refractivity contribution is 0.557. The molecular formula is C17H34O2S. The largest absolute Gasteiger partial charge is 0.229 e. The van der Waals surface area contributed by atoms with E-state index in [-0.39, 0.29) is 0 Å². The standard InChI is InChI=1S/C17H34O2S/c1-3-5-7-8-9-10-11-12-13-15-17-20(18,19)16-14-6-4-2/h4H,2-3,5-17H2,1H3. The van der Waals surface area contributed by atoms with Crippen molar-refractivity contribution in [1.82, 2.24) is 0 Å². The minimum Gasteiger partial charge on any atom is -0.229 e. The molecule has 3 heteroatoms. The molecule has 0 aromatic heterocycles. The second kappa shape index (κ2) is 13.7. The fourth-order valence-corrected chi connectivity index (χ4v) is 3.81. The molecule has 0 atom stereocenters. The Hall–Kier alpha value is -0.310. The summed E-state index contributed by atoms with van der Waals surface area (Å²) in [7, 11) is -2.81. The molecular weight excluding hydrogens is 268 g/mol. The van der Waals surface area contributed by atoms with Crippen molar-refractivity contribution in [3.63, 3.8) is 0 Å². The summed E-state index contributed by atoms with van der Waals surface area (Å²) >= 11 is 0. The molecule has 0 N–H and O–H groups in total. The van der Waals surface area contributed by atoms with Crippen LogP contribution in [0.3, 0.4) is 0 Å². The van der Waals surface area contributed by atoms with Crippen LogP contribution in [0.25, 0.3) is 0 Å². The van der Waals surface area contributed by atoms with E-state index in [0.717, 1.165) is 25.7 Å². The number of unbranched alkanes of at least 4 members (excludes halogenated alkanes) is 10. The van der Waals surface area contributed by atoms with Crippen LogP contribution in [0.15, 0.2) is 12.7 Å². The first-order chi connectivity index (χ1) is 9.62. The molecule has 0 aliphatic rings. The first-order valence-electron chi connectivity index (χ1n) is 8.43. The molecule has 0 aliphatic carbocycles. The maximum absolute atomic E-state index is 11.7. The fraction of sp³-hybridized carbons (Fsp3) is 0.882. The van der Waals surface area contributed by atoms with Gasteiger partial charge in [-0.2, -0.15) is 0 Å². The van der Waals surface area contributed by atoms with Gasteiger partial charge in [0.1, 0.15) is 9.84 Å². The molecule has 0 aromatic carbocycles. The van der Waals surface area contributed by atoms with Crippen molar-refractivity contribution in [2.24, 2.45) is 0 Å². The maximum atomic E-state index is 11.7. The Labute approximate surface area is 127 Å². The van der Waals surface area contributed by atoms with E-state index in [4.69, 9.17) is 0 Å². The topological polar surface area (TPSA) is 34.1 Å². The SMILES string of the molecule is C=CCCCS(=O)(=O)CCCCCCCCCCCC. The molecule has 0 radical (unpaired) electrons. The van der Waals surface area contributed by atoms with Gasteiger partial charge in [0.2, 0.25) is 0 Å². The minimum atomic E-state index is -2.81. The highest BCUT2D eigenvalue weighted by molar-refractivity contribution is 7.91. The van der Waals surface area contributed by atoms with Crippen LogP contribution in [0.4, 0.5) is 0 Å². The van der Waals surface area contributed by atoms with Gasteiger partial charge in [0.15, 0.2) is 0 Å². The van der Waals surface area contributed by atoms with E-state index in [1.807, 2.05) is 0 Å². The van der Waals surface area contributed by atoms with Crippen molar-refractivity contribution in [3.8, 4) is 0 Å². The quantitative estimate of drug-likeness (QED) is 0.304. The molecule has 0 bridgehead atoms. The van der Waals surface area contributed by atoms with Crippen molar-refractivity contribution in [1.29, 1.82) is 0 Å². The second-order valence-electron chi connectivity index (χ2n) is 5.76. The van der Waals surface area contributed by atoms with Crippen molar-refractivity contribution >= 4 is 9.84 Å². The first kappa shape index (κ1) is 19.7. The second-order valence-corrected chi connectivity index (χ2v) is 8.07. The lowest BCUT2D eigenvalue weighted by Crippen LogP contribution is -2.10. The smallest absolute Gasteiger partial charge is 0.150 e. The zero-order valence-corrected chi connectivity index (χ0v) is 14.2. The van der Waals surface area contributed by atoms with E-state index in [9.17, 15) is 8.42 Å². The van der Waals surface area contributed by atoms with Gasteiger partial charge in [0, 0.05) is 0 Å². The summed E-state index contributed by atoms with van der Waals surface area (Å²) in [5, 5.41) is 0. The molecule has 0 saturated heterocycles. The third kappa shape index (κ3) is 14.1. The Morgan fingerprint density at radius 3 is 1.70 bits per heavy atom. The summed E-state index contributed by atoms with van der Waals surface area (Å²) in [5.41, 5.74) is 0. The molecule has 0 amide bonds. The Kier molecular flexibility index (Phi) is 13.5. The summed E-state index contributed by atoms with van der Waals surface area (Å²) in [6.07, 6.45) is 15.8. The zero-order chi connectivity index (χ0) is 15.1. The van der Waals surface area contributed by atoms with Crippen LogP contribution >= 0.6 is 0 Å². The fourth-order valence-electron chi connectivity index (χ4n) is 2.36. The third-order valence-corrected chi connectivity index (χ3v) is 5.49. The average Bonchev–Trinajstić information content (AvgIpc) is 2.41. The average molecular weight is 303 g/mol. The van der Waals surface area contributed by atoms with E-state index in [1.165, 1.54) is 51.4 Å². The van der Waals surface area contributed by atoms with Crippen LogP contribution in [0.1, 0.15) is 84.0 Å². The first-order valence-corrected chi connectivity index (χ1v) is 10.3. The van der Waals surface area contributed by atoms with Gasteiger partial charge in [0.25, 0.3) is 0 Å². The molecule has 0 aliphatic heterocycles. The Balaban J connectivity index is 3.32. The summed E-state index contributed by atoms with van der Waals surface area (Å²) in [5.74, 6) is 0.705. The van der Waals surface area contributed by atoms with E-state index < -0.39 is 9.84 Å². The minimum absolute atomic E-state index is 0.330. The number of sulfone groups is 1. The molecule has 0 unspecified atom stereocenters. The molecule has 0 spiro atoms. The molecule has 0 fully saturated rings. The van der Waals surface area contributed by atoms with Crippen LogP contribution in [0.2, 0.25) is 0 Å². The van der Waals surface area contributed by atoms with Gasteiger partial charge in [0.05, 0.1) is 11.5 Å². The monoisotopic (exact) mass is 302 g/mol. The van der Waals surface area contributed by atoms with Gasteiger partial charge < -0.3 is 0 Å². The maximum Gasteiger partial charge on any atom is 0.150 e. The Bertz CT molecular complexity index is 307. The van der Waals surface area contributed by atoms with E-state index in [0.29, 0.717) is 11.5 Å². The van der Waals surface area contributed by atoms with Gasteiger partial charge in [-0.15, -0.1) is 6.58 Å². The highest BCUT2D eigenvalue weighted by Crippen LogP contribution is 2.11. The zero-order valence-electron chi connectivity index (χ0n) is 13.4. The number of allylic oxidation sites excluding steroid dienone is 1. The van der Waals surface area contributed by atoms with Gasteiger partial charge in [-0.1, -0.05) is 70.8 Å². The summed E-state index contributed by atoms with van der Waals surface area (Å²) in [4.78, 5) is 0. The molecule has 2 nitrogen and oxygen atoms in total. The van der Waals surface area contributed by atoms with Crippen LogP contribution < -0.4 is 0 Å².